The largest absolute Gasteiger partial charge is 0.484 e. The molecule has 2 aromatic carbocycles. The molecule has 0 aliphatic carbocycles. The molecule has 1 atom stereocenters. The van der Waals surface area contributed by atoms with Crippen LogP contribution in [0.25, 0.3) is 0 Å². The molecule has 1 aliphatic heterocycles. The molecule has 3 aromatic rings. The maximum Gasteiger partial charge on any atom is 0.262 e. The van der Waals surface area contributed by atoms with Gasteiger partial charge < -0.3 is 24.8 Å². The summed E-state index contributed by atoms with van der Waals surface area (Å²) in [5.74, 6) is -0.333. The van der Waals surface area contributed by atoms with Crippen molar-refractivity contribution in [3.8, 4) is 5.75 Å². The van der Waals surface area contributed by atoms with Gasteiger partial charge in [0.25, 0.3) is 5.91 Å². The zero-order valence-corrected chi connectivity index (χ0v) is 21.5. The lowest BCUT2D eigenvalue weighted by atomic mass is 10.1. The summed E-state index contributed by atoms with van der Waals surface area (Å²) in [6, 6.07) is 12.6. The van der Waals surface area contributed by atoms with Crippen molar-refractivity contribution in [2.45, 2.75) is 26.3 Å². The highest BCUT2D eigenvalue weighted by Crippen LogP contribution is 2.27. The number of nitrogens with one attached hydrogen (secondary N) is 2. The molecule has 1 fully saturated rings. The molecule has 10 heteroatoms. The van der Waals surface area contributed by atoms with Crippen molar-refractivity contribution in [1.82, 2.24) is 14.9 Å². The lowest BCUT2D eigenvalue weighted by Gasteiger charge is -2.17. The topological polar surface area (TPSA) is 106 Å². The molecule has 4 rings (SSSR count). The average molecular weight is 554 g/mol. The van der Waals surface area contributed by atoms with E-state index in [2.05, 4.69) is 31.5 Å². The van der Waals surface area contributed by atoms with Crippen LogP contribution >= 0.6 is 15.9 Å². The molecular weight excluding hydrogens is 526 g/mol. The monoisotopic (exact) mass is 553 g/mol. The highest BCUT2D eigenvalue weighted by molar-refractivity contribution is 9.10. The van der Waals surface area contributed by atoms with Crippen molar-refractivity contribution < 1.29 is 19.1 Å². The Morgan fingerprint density at radius 1 is 1.19 bits per heavy atom. The maximum atomic E-state index is 12.5. The van der Waals surface area contributed by atoms with E-state index < -0.39 is 0 Å². The summed E-state index contributed by atoms with van der Waals surface area (Å²) in [4.78, 5) is 42.9. The molecule has 1 saturated heterocycles. The number of carbonyl (C=O) groups excluding carboxylic acids is 3. The number of aromatic nitrogens is 2. The van der Waals surface area contributed by atoms with Crippen molar-refractivity contribution in [1.29, 1.82) is 0 Å². The minimum Gasteiger partial charge on any atom is -0.484 e. The molecule has 3 amide bonds. The van der Waals surface area contributed by atoms with Crippen LogP contribution in [0.5, 0.6) is 5.75 Å². The number of rotatable bonds is 10. The van der Waals surface area contributed by atoms with Crippen molar-refractivity contribution in [3.63, 3.8) is 0 Å². The lowest BCUT2D eigenvalue weighted by molar-refractivity contribution is -0.126. The van der Waals surface area contributed by atoms with Gasteiger partial charge in [-0.1, -0.05) is 15.9 Å². The van der Waals surface area contributed by atoms with Gasteiger partial charge in [0.1, 0.15) is 5.75 Å². The van der Waals surface area contributed by atoms with Crippen LogP contribution in [0.15, 0.2) is 65.7 Å². The van der Waals surface area contributed by atoms with Crippen LogP contribution < -0.4 is 20.3 Å². The average Bonchev–Trinajstić information content (AvgIpc) is 3.52. The lowest BCUT2D eigenvalue weighted by Crippen LogP contribution is -2.33. The Labute approximate surface area is 218 Å². The van der Waals surface area contributed by atoms with Crippen LogP contribution in [-0.4, -0.2) is 47.0 Å². The van der Waals surface area contributed by atoms with E-state index in [-0.39, 0.29) is 36.7 Å². The van der Waals surface area contributed by atoms with Gasteiger partial charge in [-0.3, -0.25) is 14.4 Å². The molecule has 0 spiro atoms. The Morgan fingerprint density at radius 2 is 2.00 bits per heavy atom. The first kappa shape index (κ1) is 25.4. The number of ether oxygens (including phenoxy) is 1. The zero-order valence-electron chi connectivity index (χ0n) is 19.9. The Morgan fingerprint density at radius 3 is 2.72 bits per heavy atom. The Balaban J connectivity index is 1.22. The van der Waals surface area contributed by atoms with E-state index in [0.29, 0.717) is 24.5 Å². The first-order chi connectivity index (χ1) is 17.4. The third-order valence-electron chi connectivity index (χ3n) is 5.93. The molecule has 0 radical (unpaired) electrons. The number of hydrogen-bond donors (Lipinski definition) is 2. The molecule has 0 bridgehead atoms. The number of anilines is 2. The predicted octanol–water partition coefficient (Wildman–Crippen LogP) is 3.53. The summed E-state index contributed by atoms with van der Waals surface area (Å²) in [5, 5.41) is 5.76. The van der Waals surface area contributed by atoms with Gasteiger partial charge in [-0.2, -0.15) is 0 Å². The van der Waals surface area contributed by atoms with Crippen LogP contribution in [0, 0.1) is 12.8 Å². The van der Waals surface area contributed by atoms with Crippen LogP contribution in [0.2, 0.25) is 0 Å². The molecular formula is C26H28BrN5O4. The molecule has 36 heavy (non-hydrogen) atoms. The van der Waals surface area contributed by atoms with Crippen LogP contribution in [0.3, 0.4) is 0 Å². The van der Waals surface area contributed by atoms with Gasteiger partial charge in [-0.05, 0) is 61.4 Å². The molecule has 0 unspecified atom stereocenters. The number of carbonyl (C=O) groups is 3. The van der Waals surface area contributed by atoms with Crippen LogP contribution in [-0.2, 0) is 20.9 Å². The van der Waals surface area contributed by atoms with E-state index >= 15 is 0 Å². The smallest absolute Gasteiger partial charge is 0.262 e. The number of amides is 3. The van der Waals surface area contributed by atoms with Gasteiger partial charge in [0, 0.05) is 54.3 Å². The zero-order chi connectivity index (χ0) is 25.5. The number of aryl methyl sites for hydroxylation is 2. The number of halogens is 1. The first-order valence-electron chi connectivity index (χ1n) is 11.7. The van der Waals surface area contributed by atoms with E-state index in [9.17, 15) is 14.4 Å². The summed E-state index contributed by atoms with van der Waals surface area (Å²) < 4.78 is 8.49. The molecule has 1 aromatic heterocycles. The van der Waals surface area contributed by atoms with E-state index in [0.717, 1.165) is 28.7 Å². The number of hydrogen-bond acceptors (Lipinski definition) is 5. The number of benzene rings is 2. The number of imidazole rings is 1. The fourth-order valence-corrected chi connectivity index (χ4v) is 4.47. The van der Waals surface area contributed by atoms with Gasteiger partial charge in [0.05, 0.1) is 12.2 Å². The second-order valence-corrected chi connectivity index (χ2v) is 9.56. The van der Waals surface area contributed by atoms with Gasteiger partial charge in [-0.15, -0.1) is 0 Å². The summed E-state index contributed by atoms with van der Waals surface area (Å²) in [6.45, 7) is 3.43. The predicted molar refractivity (Wildman–Crippen MR) is 140 cm³/mol. The molecule has 9 nitrogen and oxygen atoms in total. The third kappa shape index (κ3) is 6.72. The van der Waals surface area contributed by atoms with Gasteiger partial charge >= 0.3 is 0 Å². The highest BCUT2D eigenvalue weighted by Gasteiger charge is 2.34. The minimum atomic E-state index is -0.382. The van der Waals surface area contributed by atoms with Crippen molar-refractivity contribution in [2.75, 3.05) is 29.9 Å². The van der Waals surface area contributed by atoms with Crippen molar-refractivity contribution in [3.05, 3.63) is 71.2 Å². The van der Waals surface area contributed by atoms with Crippen LogP contribution in [0.4, 0.5) is 11.4 Å². The summed E-state index contributed by atoms with van der Waals surface area (Å²) in [6.07, 6.45) is 6.31. The molecule has 2 heterocycles. The fourth-order valence-electron chi connectivity index (χ4n) is 3.99. The van der Waals surface area contributed by atoms with E-state index in [4.69, 9.17) is 4.74 Å². The summed E-state index contributed by atoms with van der Waals surface area (Å²) in [7, 11) is 0. The second-order valence-electron chi connectivity index (χ2n) is 8.64. The van der Waals surface area contributed by atoms with Crippen molar-refractivity contribution >= 4 is 45.0 Å². The molecule has 188 valence electrons. The SMILES string of the molecule is Cc1cc(Br)ccc1NC(=O)COc1ccc(N2C[C@H](C(=O)NCCCn3ccnc3)CC2=O)cc1. The summed E-state index contributed by atoms with van der Waals surface area (Å²) in [5.41, 5.74) is 2.36. The van der Waals surface area contributed by atoms with E-state index in [1.807, 2.05) is 35.9 Å². The normalized spacial score (nSPS) is 15.1. The summed E-state index contributed by atoms with van der Waals surface area (Å²) >= 11 is 3.40. The highest BCUT2D eigenvalue weighted by atomic mass is 79.9. The van der Waals surface area contributed by atoms with Crippen LogP contribution in [0.1, 0.15) is 18.4 Å². The first-order valence-corrected chi connectivity index (χ1v) is 12.5. The molecule has 0 saturated carbocycles. The quantitative estimate of drug-likeness (QED) is 0.373. The Hall–Kier alpha value is -3.66. The van der Waals surface area contributed by atoms with Gasteiger partial charge in [-0.25, -0.2) is 4.98 Å². The standard InChI is InChI=1S/C26H28BrN5O4/c1-18-13-20(27)3-8-23(18)30-24(33)16-36-22-6-4-21(5-7-22)32-15-19(14-25(32)34)26(35)29-9-2-11-31-12-10-28-17-31/h3-8,10,12-13,17,19H,2,9,11,14-16H2,1H3,(H,29,35)(H,30,33)/t19-/m1/s1. The van der Waals surface area contributed by atoms with E-state index in [1.165, 1.54) is 0 Å². The third-order valence-corrected chi connectivity index (χ3v) is 6.42. The fraction of sp³-hybridized carbons (Fsp3) is 0.308. The number of nitrogens with zero attached hydrogens (tertiary/aromatic N) is 3. The molecule has 2 N–H and O–H groups in total. The van der Waals surface area contributed by atoms with Gasteiger partial charge in [0.2, 0.25) is 11.8 Å². The Kier molecular flexibility index (Phi) is 8.37. The second kappa shape index (κ2) is 11.9. The molecule has 1 aliphatic rings. The van der Waals surface area contributed by atoms with E-state index in [1.54, 1.807) is 41.7 Å². The minimum absolute atomic E-state index is 0.0912. The Bertz CT molecular complexity index is 1210. The maximum absolute atomic E-state index is 12.5. The van der Waals surface area contributed by atoms with Crippen molar-refractivity contribution in [2.24, 2.45) is 5.92 Å². The van der Waals surface area contributed by atoms with Gasteiger partial charge in [0.15, 0.2) is 6.61 Å².